The Morgan fingerprint density at radius 1 is 0.900 bits per heavy atom. The first-order valence-electron chi connectivity index (χ1n) is 13.3. The number of amides is 3. The largest absolute Gasteiger partial charge is 0.371 e. The maximum atomic E-state index is 13.9. The second kappa shape index (κ2) is 8.79. The molecule has 2 aromatic carbocycles. The van der Waals surface area contributed by atoms with Crippen LogP contribution in [0.1, 0.15) is 12.8 Å². The molecule has 208 valence electrons. The molecule has 4 aliphatic heterocycles. The fourth-order valence-corrected chi connectivity index (χ4v) is 8.77. The Morgan fingerprint density at radius 3 is 2.35 bits per heavy atom. The number of halogens is 1. The van der Waals surface area contributed by atoms with Crippen LogP contribution in [0.15, 0.2) is 65.8 Å². The summed E-state index contributed by atoms with van der Waals surface area (Å²) in [5, 5.41) is 2.14. The average molecular weight is 581 g/mol. The van der Waals surface area contributed by atoms with Crippen molar-refractivity contribution in [2.24, 2.45) is 0 Å². The van der Waals surface area contributed by atoms with E-state index in [1.165, 1.54) is 4.31 Å². The molecule has 4 fully saturated rings. The first-order chi connectivity index (χ1) is 19.1. The van der Waals surface area contributed by atoms with E-state index in [1.807, 2.05) is 17.0 Å². The Bertz CT molecular complexity index is 1650. The van der Waals surface area contributed by atoms with E-state index in [4.69, 9.17) is 11.6 Å². The van der Waals surface area contributed by atoms with Gasteiger partial charge in [0.05, 0.1) is 30.1 Å². The van der Waals surface area contributed by atoms with Gasteiger partial charge >= 0.3 is 6.03 Å². The second-order valence-corrected chi connectivity index (χ2v) is 13.7. The molecule has 1 aromatic heterocycles. The van der Waals surface area contributed by atoms with Crippen molar-refractivity contribution in [3.63, 3.8) is 0 Å². The maximum Gasteiger partial charge on any atom is 0.322 e. The fraction of sp³-hybridized carbons (Fsp3) is 0.393. The van der Waals surface area contributed by atoms with E-state index in [0.717, 1.165) is 29.5 Å². The van der Waals surface area contributed by atoms with Crippen LogP contribution in [0, 0.1) is 0 Å². The molecular weight excluding hydrogens is 552 g/mol. The predicted molar refractivity (Wildman–Crippen MR) is 150 cm³/mol. The molecule has 1 atom stereocenters. The highest BCUT2D eigenvalue weighted by Crippen LogP contribution is 2.50. The van der Waals surface area contributed by atoms with Gasteiger partial charge in [-0.05, 0) is 60.0 Å². The van der Waals surface area contributed by atoms with Crippen molar-refractivity contribution in [1.29, 1.82) is 0 Å². The molecule has 0 aliphatic carbocycles. The average Bonchev–Trinajstić information content (AvgIpc) is 3.37. The highest BCUT2D eigenvalue weighted by Gasteiger charge is 2.69. The summed E-state index contributed by atoms with van der Waals surface area (Å²) in [6.07, 6.45) is 4.89. The van der Waals surface area contributed by atoms with Gasteiger partial charge in [0.1, 0.15) is 0 Å². The molecule has 7 rings (SSSR count). The van der Waals surface area contributed by atoms with Gasteiger partial charge in [0.2, 0.25) is 15.9 Å². The number of likely N-dealkylation sites (N-methyl/N-ethyl adjacent to an activating group) is 1. The van der Waals surface area contributed by atoms with Crippen LogP contribution in [0.4, 0.5) is 10.5 Å². The van der Waals surface area contributed by atoms with Crippen molar-refractivity contribution in [2.75, 3.05) is 51.2 Å². The molecular formula is C28H29ClN6O4S. The van der Waals surface area contributed by atoms with Crippen LogP contribution in [-0.2, 0) is 14.8 Å². The number of hydrogen-bond donors (Lipinski definition) is 0. The van der Waals surface area contributed by atoms with E-state index in [9.17, 15) is 18.0 Å². The molecule has 3 aromatic rings. The van der Waals surface area contributed by atoms with Gasteiger partial charge in [-0.25, -0.2) is 13.2 Å². The van der Waals surface area contributed by atoms with Crippen LogP contribution in [0.3, 0.4) is 0 Å². The number of nitrogens with zero attached hydrogens (tertiary/aromatic N) is 6. The minimum Gasteiger partial charge on any atom is -0.371 e. The number of carbonyl (C=O) groups excluding carboxylic acids is 2. The van der Waals surface area contributed by atoms with E-state index in [0.29, 0.717) is 24.4 Å². The van der Waals surface area contributed by atoms with Crippen LogP contribution in [0.2, 0.25) is 5.02 Å². The second-order valence-electron chi connectivity index (χ2n) is 11.3. The van der Waals surface area contributed by atoms with Crippen LogP contribution >= 0.6 is 11.6 Å². The van der Waals surface area contributed by atoms with Crippen molar-refractivity contribution < 1.29 is 18.0 Å². The van der Waals surface area contributed by atoms with Crippen molar-refractivity contribution in [1.82, 2.24) is 24.0 Å². The first kappa shape index (κ1) is 25.6. The molecule has 4 saturated heterocycles. The number of urea groups is 1. The summed E-state index contributed by atoms with van der Waals surface area (Å²) in [5.41, 5.74) is -0.522. The Balaban J connectivity index is 1.22. The van der Waals surface area contributed by atoms with Gasteiger partial charge in [0.25, 0.3) is 0 Å². The number of pyridine rings is 1. The third kappa shape index (κ3) is 3.64. The van der Waals surface area contributed by atoms with Crippen molar-refractivity contribution in [3.8, 4) is 0 Å². The van der Waals surface area contributed by atoms with Gasteiger partial charge in [-0.15, -0.1) is 0 Å². The molecule has 1 unspecified atom stereocenters. The zero-order valence-corrected chi connectivity index (χ0v) is 23.6. The minimum absolute atomic E-state index is 0.0334. The topological polar surface area (TPSA) is 97.4 Å². The van der Waals surface area contributed by atoms with E-state index in [-0.39, 0.29) is 36.5 Å². The summed E-state index contributed by atoms with van der Waals surface area (Å²) < 4.78 is 29.2. The normalized spacial score (nSPS) is 24.8. The highest BCUT2D eigenvalue weighted by molar-refractivity contribution is 7.89. The van der Waals surface area contributed by atoms with E-state index in [1.54, 1.807) is 65.6 Å². The van der Waals surface area contributed by atoms with Gasteiger partial charge in [-0.2, -0.15) is 4.31 Å². The van der Waals surface area contributed by atoms with Crippen LogP contribution in [0.5, 0.6) is 0 Å². The SMILES string of the molecule is CN1CC23CN(S(=O)(=O)c4ccc5cc(Cl)ccc5c4)CC(=O)N2CC2(CCN(c4ccncc4)CC2)N3C1=O. The number of aromatic nitrogens is 1. The quantitative estimate of drug-likeness (QED) is 0.473. The number of piperazine rings is 1. The molecule has 40 heavy (non-hydrogen) atoms. The number of fused-ring (bicyclic) bond motifs is 2. The Kier molecular flexibility index (Phi) is 5.62. The van der Waals surface area contributed by atoms with Gasteiger partial charge < -0.3 is 14.7 Å². The molecule has 0 saturated carbocycles. The van der Waals surface area contributed by atoms with Crippen molar-refractivity contribution in [3.05, 3.63) is 65.9 Å². The number of rotatable bonds is 3. The zero-order chi connectivity index (χ0) is 27.9. The number of benzene rings is 2. The maximum absolute atomic E-state index is 13.9. The van der Waals surface area contributed by atoms with Gasteiger partial charge in [0, 0.05) is 49.8 Å². The van der Waals surface area contributed by atoms with Crippen LogP contribution < -0.4 is 4.90 Å². The third-order valence-electron chi connectivity index (χ3n) is 9.03. The monoisotopic (exact) mass is 580 g/mol. The zero-order valence-electron chi connectivity index (χ0n) is 22.0. The summed E-state index contributed by atoms with van der Waals surface area (Å²) in [4.78, 5) is 39.1. The Hall–Kier alpha value is -3.41. The smallest absolute Gasteiger partial charge is 0.322 e. The third-order valence-corrected chi connectivity index (χ3v) is 11.1. The fourth-order valence-electron chi connectivity index (χ4n) is 7.12. The number of hydrogen-bond acceptors (Lipinski definition) is 6. The van der Waals surface area contributed by atoms with Crippen molar-refractivity contribution in [2.45, 2.75) is 28.9 Å². The van der Waals surface area contributed by atoms with Gasteiger partial charge in [0.15, 0.2) is 5.66 Å². The number of piperidine rings is 1. The summed E-state index contributed by atoms with van der Waals surface area (Å²) in [5.74, 6) is -0.274. The molecule has 2 spiro atoms. The van der Waals surface area contributed by atoms with Gasteiger partial charge in [-0.3, -0.25) is 14.7 Å². The summed E-state index contributed by atoms with van der Waals surface area (Å²) in [7, 11) is -2.30. The standard InChI is InChI=1S/C28H29ClN6O4S/c1-31-18-28-19-33(40(38,39)24-5-3-20-14-22(29)4-2-21(20)15-24)16-25(36)34(28)17-27(35(28)26(31)37)8-12-32(13-9-27)23-6-10-30-11-7-23/h2-7,10-11,14-15H,8-9,12-13,16-19H2,1H3. The molecule has 10 nitrogen and oxygen atoms in total. The number of carbonyl (C=O) groups is 2. The lowest BCUT2D eigenvalue weighted by Crippen LogP contribution is -2.68. The van der Waals surface area contributed by atoms with Gasteiger partial charge in [-0.1, -0.05) is 23.7 Å². The molecule has 3 amide bonds. The predicted octanol–water partition coefficient (Wildman–Crippen LogP) is 2.84. The summed E-state index contributed by atoms with van der Waals surface area (Å²) >= 11 is 6.10. The van der Waals surface area contributed by atoms with E-state index < -0.39 is 21.2 Å². The van der Waals surface area contributed by atoms with Crippen LogP contribution in [0.25, 0.3) is 10.8 Å². The molecule has 4 aliphatic rings. The molecule has 0 radical (unpaired) electrons. The van der Waals surface area contributed by atoms with Crippen molar-refractivity contribution >= 4 is 50.0 Å². The summed E-state index contributed by atoms with van der Waals surface area (Å²) in [6.45, 7) is 1.90. The number of anilines is 1. The molecule has 0 N–H and O–H groups in total. The lowest BCUT2D eigenvalue weighted by Gasteiger charge is -2.48. The lowest BCUT2D eigenvalue weighted by molar-refractivity contribution is -0.143. The van der Waals surface area contributed by atoms with Crippen LogP contribution in [-0.4, -0.2) is 102 Å². The minimum atomic E-state index is -4.02. The Labute approximate surface area is 237 Å². The molecule has 0 bridgehead atoms. The molecule has 12 heteroatoms. The highest BCUT2D eigenvalue weighted by atomic mass is 35.5. The lowest BCUT2D eigenvalue weighted by atomic mass is 9.86. The van der Waals surface area contributed by atoms with E-state index in [2.05, 4.69) is 9.88 Å². The summed E-state index contributed by atoms with van der Waals surface area (Å²) in [6, 6.07) is 14.0. The van der Waals surface area contributed by atoms with E-state index >= 15 is 0 Å². The Morgan fingerprint density at radius 2 is 1.60 bits per heavy atom. The first-order valence-corrected chi connectivity index (χ1v) is 15.2. The molecule has 5 heterocycles. The number of sulfonamides is 1.